The smallest absolute Gasteiger partial charge is 0.142 e. The SMILES string of the molecule is NCc1cccc(Cl)c1N1CCCOc2ccccc21. The summed E-state index contributed by atoms with van der Waals surface area (Å²) in [4.78, 5) is 2.22. The molecule has 0 unspecified atom stereocenters. The number of rotatable bonds is 2. The van der Waals surface area contributed by atoms with E-state index in [0.29, 0.717) is 6.54 Å². The number of hydrogen-bond acceptors (Lipinski definition) is 3. The van der Waals surface area contributed by atoms with Gasteiger partial charge >= 0.3 is 0 Å². The zero-order valence-electron chi connectivity index (χ0n) is 11.2. The van der Waals surface area contributed by atoms with Crippen molar-refractivity contribution in [2.45, 2.75) is 13.0 Å². The molecule has 2 N–H and O–H groups in total. The number of benzene rings is 2. The molecule has 2 aromatic rings. The number of anilines is 2. The van der Waals surface area contributed by atoms with Crippen LogP contribution in [0.4, 0.5) is 11.4 Å². The molecule has 0 radical (unpaired) electrons. The molecule has 1 heterocycles. The fourth-order valence-electron chi connectivity index (χ4n) is 2.59. The first-order chi connectivity index (χ1) is 9.81. The summed E-state index contributed by atoms with van der Waals surface area (Å²) in [6, 6.07) is 13.9. The maximum absolute atomic E-state index is 6.42. The Bertz CT molecular complexity index is 615. The molecular formula is C16H17ClN2O. The Hall–Kier alpha value is -1.71. The van der Waals surface area contributed by atoms with Crippen molar-refractivity contribution in [1.82, 2.24) is 0 Å². The van der Waals surface area contributed by atoms with Crippen LogP contribution < -0.4 is 15.4 Å². The van der Waals surface area contributed by atoms with E-state index in [1.54, 1.807) is 0 Å². The number of hydrogen-bond donors (Lipinski definition) is 1. The van der Waals surface area contributed by atoms with Crippen LogP contribution in [0.1, 0.15) is 12.0 Å². The topological polar surface area (TPSA) is 38.5 Å². The molecule has 0 aliphatic carbocycles. The van der Waals surface area contributed by atoms with Gasteiger partial charge in [-0.15, -0.1) is 0 Å². The zero-order chi connectivity index (χ0) is 13.9. The van der Waals surface area contributed by atoms with Crippen LogP contribution in [0.3, 0.4) is 0 Å². The highest BCUT2D eigenvalue weighted by molar-refractivity contribution is 6.33. The van der Waals surface area contributed by atoms with Crippen LogP contribution in [0.25, 0.3) is 0 Å². The van der Waals surface area contributed by atoms with Crippen molar-refractivity contribution in [3.63, 3.8) is 0 Å². The average molecular weight is 289 g/mol. The summed E-state index contributed by atoms with van der Waals surface area (Å²) < 4.78 is 5.80. The summed E-state index contributed by atoms with van der Waals surface area (Å²) in [5.74, 6) is 0.896. The average Bonchev–Trinajstić information content (AvgIpc) is 2.69. The van der Waals surface area contributed by atoms with Crippen LogP contribution in [-0.4, -0.2) is 13.2 Å². The number of fused-ring (bicyclic) bond motifs is 1. The molecule has 1 aliphatic heterocycles. The van der Waals surface area contributed by atoms with Crippen LogP contribution in [0.15, 0.2) is 42.5 Å². The highest BCUT2D eigenvalue weighted by Gasteiger charge is 2.21. The van der Waals surface area contributed by atoms with Crippen molar-refractivity contribution in [1.29, 1.82) is 0 Å². The fraction of sp³-hybridized carbons (Fsp3) is 0.250. The largest absolute Gasteiger partial charge is 0.491 e. The molecule has 0 amide bonds. The van der Waals surface area contributed by atoms with E-state index in [9.17, 15) is 0 Å². The summed E-state index contributed by atoms with van der Waals surface area (Å²) >= 11 is 6.42. The summed E-state index contributed by atoms with van der Waals surface area (Å²) in [5.41, 5.74) is 8.96. The lowest BCUT2D eigenvalue weighted by atomic mass is 10.1. The fourth-order valence-corrected chi connectivity index (χ4v) is 2.88. The van der Waals surface area contributed by atoms with Gasteiger partial charge in [-0.2, -0.15) is 0 Å². The minimum absolute atomic E-state index is 0.468. The van der Waals surface area contributed by atoms with Crippen LogP contribution in [0, 0.1) is 0 Å². The predicted octanol–water partition coefficient (Wildman–Crippen LogP) is 3.72. The molecule has 104 valence electrons. The predicted molar refractivity (Wildman–Crippen MR) is 82.9 cm³/mol. The molecule has 0 fully saturated rings. The molecule has 0 bridgehead atoms. The van der Waals surface area contributed by atoms with Crippen molar-refractivity contribution in [3.8, 4) is 5.75 Å². The highest BCUT2D eigenvalue weighted by Crippen LogP contribution is 2.40. The Balaban J connectivity index is 2.15. The van der Waals surface area contributed by atoms with Crippen molar-refractivity contribution in [3.05, 3.63) is 53.1 Å². The summed E-state index contributed by atoms with van der Waals surface area (Å²) in [6.07, 6.45) is 0.948. The number of nitrogens with zero attached hydrogens (tertiary/aromatic N) is 1. The number of ether oxygens (including phenoxy) is 1. The number of halogens is 1. The third-order valence-corrected chi connectivity index (χ3v) is 3.80. The first-order valence-corrected chi connectivity index (χ1v) is 7.16. The van der Waals surface area contributed by atoms with Gasteiger partial charge in [0.1, 0.15) is 5.75 Å². The van der Waals surface area contributed by atoms with Gasteiger partial charge < -0.3 is 15.4 Å². The number of nitrogens with two attached hydrogens (primary N) is 1. The first-order valence-electron chi connectivity index (χ1n) is 6.78. The quantitative estimate of drug-likeness (QED) is 0.915. The summed E-state index contributed by atoms with van der Waals surface area (Å²) in [6.45, 7) is 2.05. The lowest BCUT2D eigenvalue weighted by Gasteiger charge is -2.27. The van der Waals surface area contributed by atoms with Crippen LogP contribution in [-0.2, 0) is 6.54 Å². The van der Waals surface area contributed by atoms with Crippen molar-refractivity contribution in [2.75, 3.05) is 18.1 Å². The molecule has 0 aromatic heterocycles. The van der Waals surface area contributed by atoms with E-state index < -0.39 is 0 Å². The third kappa shape index (κ3) is 2.35. The normalized spacial score (nSPS) is 14.4. The van der Waals surface area contributed by atoms with E-state index in [1.165, 1.54) is 0 Å². The van der Waals surface area contributed by atoms with E-state index >= 15 is 0 Å². The molecular weight excluding hydrogens is 272 g/mol. The molecule has 3 nitrogen and oxygen atoms in total. The maximum Gasteiger partial charge on any atom is 0.142 e. The molecule has 3 rings (SSSR count). The van der Waals surface area contributed by atoms with E-state index in [1.807, 2.05) is 36.4 Å². The molecule has 4 heteroatoms. The number of para-hydroxylation sites is 3. The van der Waals surface area contributed by atoms with Crippen molar-refractivity contribution < 1.29 is 4.74 Å². The Labute approximate surface area is 123 Å². The zero-order valence-corrected chi connectivity index (χ0v) is 11.9. The van der Waals surface area contributed by atoms with Gasteiger partial charge in [-0.1, -0.05) is 35.9 Å². The first kappa shape index (κ1) is 13.3. The van der Waals surface area contributed by atoms with Gasteiger partial charge in [0.25, 0.3) is 0 Å². The lowest BCUT2D eigenvalue weighted by molar-refractivity contribution is 0.322. The monoisotopic (exact) mass is 288 g/mol. The van der Waals surface area contributed by atoms with Gasteiger partial charge in [0.05, 0.1) is 23.0 Å². The molecule has 2 aromatic carbocycles. The summed E-state index contributed by atoms with van der Waals surface area (Å²) in [5, 5.41) is 0.727. The Kier molecular flexibility index (Phi) is 3.81. The van der Waals surface area contributed by atoms with Crippen LogP contribution in [0.5, 0.6) is 5.75 Å². The molecule has 0 saturated carbocycles. The van der Waals surface area contributed by atoms with Crippen molar-refractivity contribution in [2.24, 2.45) is 5.73 Å². The molecule has 0 spiro atoms. The minimum Gasteiger partial charge on any atom is -0.491 e. The highest BCUT2D eigenvalue weighted by atomic mass is 35.5. The standard InChI is InChI=1S/C16H17ClN2O/c17-13-6-3-5-12(11-18)16(13)19-9-4-10-20-15-8-2-1-7-14(15)19/h1-3,5-8H,4,9-11,18H2. The van der Waals surface area contributed by atoms with Gasteiger partial charge in [0.15, 0.2) is 0 Å². The Morgan fingerprint density at radius 1 is 1.15 bits per heavy atom. The van der Waals surface area contributed by atoms with Crippen LogP contribution in [0.2, 0.25) is 5.02 Å². The van der Waals surface area contributed by atoms with Gasteiger partial charge in [-0.3, -0.25) is 0 Å². The Morgan fingerprint density at radius 2 is 2.00 bits per heavy atom. The second kappa shape index (κ2) is 5.73. The second-order valence-electron chi connectivity index (χ2n) is 4.77. The van der Waals surface area contributed by atoms with Gasteiger partial charge in [-0.25, -0.2) is 0 Å². The molecule has 0 atom stereocenters. The van der Waals surface area contributed by atoms with Gasteiger partial charge in [0, 0.05) is 13.1 Å². The van der Waals surface area contributed by atoms with E-state index in [0.717, 1.165) is 47.3 Å². The van der Waals surface area contributed by atoms with Gasteiger partial charge in [-0.05, 0) is 30.2 Å². The molecule has 20 heavy (non-hydrogen) atoms. The van der Waals surface area contributed by atoms with Crippen LogP contribution >= 0.6 is 11.6 Å². The Morgan fingerprint density at radius 3 is 2.85 bits per heavy atom. The van der Waals surface area contributed by atoms with Gasteiger partial charge in [0.2, 0.25) is 0 Å². The van der Waals surface area contributed by atoms with E-state index in [4.69, 9.17) is 22.1 Å². The lowest BCUT2D eigenvalue weighted by Crippen LogP contribution is -2.20. The van der Waals surface area contributed by atoms with E-state index in [2.05, 4.69) is 11.0 Å². The maximum atomic E-state index is 6.42. The molecule has 0 saturated heterocycles. The second-order valence-corrected chi connectivity index (χ2v) is 5.18. The third-order valence-electron chi connectivity index (χ3n) is 3.50. The molecule has 1 aliphatic rings. The minimum atomic E-state index is 0.468. The van der Waals surface area contributed by atoms with Crippen molar-refractivity contribution >= 4 is 23.0 Å². The van der Waals surface area contributed by atoms with E-state index in [-0.39, 0.29) is 0 Å². The summed E-state index contributed by atoms with van der Waals surface area (Å²) in [7, 11) is 0.